The van der Waals surface area contributed by atoms with Crippen LogP contribution in [0.5, 0.6) is 0 Å². The van der Waals surface area contributed by atoms with Crippen LogP contribution < -0.4 is 5.32 Å². The first-order valence-corrected chi connectivity index (χ1v) is 11.8. The van der Waals surface area contributed by atoms with Crippen molar-refractivity contribution >= 4 is 20.4 Å². The normalized spacial score (nSPS) is 20.4. The fourth-order valence-electron chi connectivity index (χ4n) is 2.02. The molecular formula is C19H33NO5Si. The maximum atomic E-state index is 12.5. The van der Waals surface area contributed by atoms with Crippen molar-refractivity contribution in [1.29, 1.82) is 0 Å². The lowest BCUT2D eigenvalue weighted by atomic mass is 10.0. The second kappa shape index (κ2) is 7.46. The number of carbonyl (C=O) groups excluding carboxylic acids is 2. The topological polar surface area (TPSA) is 73.9 Å². The predicted molar refractivity (Wildman–Crippen MR) is 104 cm³/mol. The zero-order chi connectivity index (χ0) is 20.4. The average molecular weight is 384 g/mol. The summed E-state index contributed by atoms with van der Waals surface area (Å²) in [4.78, 5) is 24.8. The van der Waals surface area contributed by atoms with Crippen molar-refractivity contribution in [1.82, 2.24) is 5.32 Å². The molecule has 0 aromatic rings. The highest BCUT2D eigenvalue weighted by molar-refractivity contribution is 6.74. The number of ether oxygens (including phenoxy) is 2. The SMILES string of the molecule is CCOC(=O)C1(NC(=O)OC(C)(C)C)C=CC(O[Si](C)(C)C(C)(C)C)=C1. The Morgan fingerprint density at radius 1 is 1.15 bits per heavy atom. The standard InChI is InChI=1S/C19H33NO5Si/c1-10-23-15(21)19(20-16(22)24-17(2,3)4)12-11-14(13-19)25-26(8,9)18(5,6)7/h11-13H,10H2,1-9H3,(H,20,22). The van der Waals surface area contributed by atoms with Crippen LogP contribution in [0.2, 0.25) is 18.1 Å². The van der Waals surface area contributed by atoms with Crippen LogP contribution in [0.25, 0.3) is 0 Å². The number of esters is 1. The van der Waals surface area contributed by atoms with Gasteiger partial charge in [0.05, 0.1) is 6.61 Å². The molecule has 0 heterocycles. The van der Waals surface area contributed by atoms with E-state index in [0.29, 0.717) is 5.76 Å². The third kappa shape index (κ3) is 5.62. The summed E-state index contributed by atoms with van der Waals surface area (Å²) in [5.41, 5.74) is -2.09. The highest BCUT2D eigenvalue weighted by Crippen LogP contribution is 2.39. The van der Waals surface area contributed by atoms with E-state index in [0.717, 1.165) is 0 Å². The first kappa shape index (κ1) is 22.3. The van der Waals surface area contributed by atoms with Crippen LogP contribution in [-0.2, 0) is 18.7 Å². The number of carbonyl (C=O) groups is 2. The number of nitrogens with one attached hydrogen (secondary N) is 1. The van der Waals surface area contributed by atoms with Gasteiger partial charge in [-0.25, -0.2) is 9.59 Å². The van der Waals surface area contributed by atoms with Crippen molar-refractivity contribution in [3.05, 3.63) is 24.0 Å². The number of amides is 1. The monoisotopic (exact) mass is 383 g/mol. The zero-order valence-electron chi connectivity index (χ0n) is 17.5. The van der Waals surface area contributed by atoms with E-state index in [2.05, 4.69) is 39.2 Å². The second-order valence-electron chi connectivity index (χ2n) is 8.96. The summed E-state index contributed by atoms with van der Waals surface area (Å²) in [7, 11) is -2.08. The van der Waals surface area contributed by atoms with Gasteiger partial charge in [-0.15, -0.1) is 0 Å². The Labute approximate surface area is 158 Å². The molecule has 1 aliphatic carbocycles. The number of hydrogen-bond acceptors (Lipinski definition) is 5. The Morgan fingerprint density at radius 2 is 1.73 bits per heavy atom. The predicted octanol–water partition coefficient (Wildman–Crippen LogP) is 4.29. The zero-order valence-corrected chi connectivity index (χ0v) is 18.5. The fraction of sp³-hybridized carbons (Fsp3) is 0.684. The molecule has 0 spiro atoms. The van der Waals surface area contributed by atoms with Gasteiger partial charge < -0.3 is 13.9 Å². The Balaban J connectivity index is 3.10. The molecule has 0 aromatic heterocycles. The highest BCUT2D eigenvalue weighted by Gasteiger charge is 2.44. The van der Waals surface area contributed by atoms with Crippen LogP contribution in [-0.4, -0.2) is 38.1 Å². The van der Waals surface area contributed by atoms with Crippen LogP contribution in [0.1, 0.15) is 48.5 Å². The number of allylic oxidation sites excluding steroid dienone is 1. The molecule has 1 aliphatic rings. The maximum absolute atomic E-state index is 12.5. The summed E-state index contributed by atoms with van der Waals surface area (Å²) < 4.78 is 16.7. The summed E-state index contributed by atoms with van der Waals surface area (Å²) in [6.45, 7) is 17.8. The van der Waals surface area contributed by atoms with Gasteiger partial charge in [-0.2, -0.15) is 0 Å². The molecule has 1 unspecified atom stereocenters. The van der Waals surface area contributed by atoms with Crippen molar-refractivity contribution in [2.75, 3.05) is 6.61 Å². The van der Waals surface area contributed by atoms with Gasteiger partial charge in [0, 0.05) is 0 Å². The molecule has 1 amide bonds. The molecule has 0 radical (unpaired) electrons. The Bertz CT molecular complexity index is 610. The molecule has 0 saturated carbocycles. The van der Waals surface area contributed by atoms with E-state index < -0.39 is 31.5 Å². The Hall–Kier alpha value is -1.76. The van der Waals surface area contributed by atoms with Gasteiger partial charge in [0.25, 0.3) is 0 Å². The molecule has 1 atom stereocenters. The first-order chi connectivity index (χ1) is 11.6. The lowest BCUT2D eigenvalue weighted by Crippen LogP contribution is -2.53. The molecular weight excluding hydrogens is 350 g/mol. The van der Waals surface area contributed by atoms with Crippen LogP contribution in [0, 0.1) is 0 Å². The van der Waals surface area contributed by atoms with E-state index in [4.69, 9.17) is 13.9 Å². The van der Waals surface area contributed by atoms with E-state index in [9.17, 15) is 9.59 Å². The molecule has 1 N–H and O–H groups in total. The minimum atomic E-state index is -2.08. The fourth-order valence-corrected chi connectivity index (χ4v) is 3.05. The van der Waals surface area contributed by atoms with Crippen molar-refractivity contribution in [2.45, 2.75) is 77.7 Å². The molecule has 0 bridgehead atoms. The summed E-state index contributed by atoms with van der Waals surface area (Å²) >= 11 is 0. The summed E-state index contributed by atoms with van der Waals surface area (Å²) in [6, 6.07) is 0. The second-order valence-corrected chi connectivity index (χ2v) is 13.7. The van der Waals surface area contributed by atoms with Gasteiger partial charge in [0.2, 0.25) is 8.32 Å². The van der Waals surface area contributed by atoms with E-state index >= 15 is 0 Å². The minimum Gasteiger partial charge on any atom is -0.544 e. The average Bonchev–Trinajstić information content (AvgIpc) is 2.78. The molecule has 0 aliphatic heterocycles. The van der Waals surface area contributed by atoms with Gasteiger partial charge in [-0.1, -0.05) is 20.8 Å². The van der Waals surface area contributed by atoms with Crippen LogP contribution in [0.3, 0.4) is 0 Å². The third-order valence-corrected chi connectivity index (χ3v) is 8.74. The summed E-state index contributed by atoms with van der Waals surface area (Å²) in [5, 5.41) is 2.63. The molecule has 7 heteroatoms. The van der Waals surface area contributed by atoms with Gasteiger partial charge in [0.15, 0.2) is 5.54 Å². The molecule has 0 fully saturated rings. The smallest absolute Gasteiger partial charge is 0.409 e. The van der Waals surface area contributed by atoms with Gasteiger partial charge in [0.1, 0.15) is 11.4 Å². The Kier molecular flexibility index (Phi) is 6.40. The van der Waals surface area contributed by atoms with Crippen LogP contribution in [0.15, 0.2) is 24.0 Å². The molecule has 6 nitrogen and oxygen atoms in total. The Morgan fingerprint density at radius 3 is 2.19 bits per heavy atom. The van der Waals surface area contributed by atoms with E-state index in [1.54, 1.807) is 45.9 Å². The van der Waals surface area contributed by atoms with Crippen molar-refractivity contribution in [3.8, 4) is 0 Å². The van der Waals surface area contributed by atoms with Crippen molar-refractivity contribution in [2.24, 2.45) is 0 Å². The molecule has 0 aromatic carbocycles. The number of alkyl carbamates (subject to hydrolysis) is 1. The summed E-state index contributed by atoms with van der Waals surface area (Å²) in [5.74, 6) is -0.0170. The van der Waals surface area contributed by atoms with Crippen molar-refractivity contribution < 1.29 is 23.5 Å². The van der Waals surface area contributed by atoms with E-state index in [1.807, 2.05) is 0 Å². The molecule has 0 saturated heterocycles. The van der Waals surface area contributed by atoms with Crippen LogP contribution >= 0.6 is 0 Å². The molecule has 26 heavy (non-hydrogen) atoms. The van der Waals surface area contributed by atoms with E-state index in [-0.39, 0.29) is 11.6 Å². The molecule has 148 valence electrons. The maximum Gasteiger partial charge on any atom is 0.409 e. The number of rotatable bonds is 5. The quantitative estimate of drug-likeness (QED) is 0.566. The summed E-state index contributed by atoms with van der Waals surface area (Å²) in [6.07, 6.45) is 4.18. The van der Waals surface area contributed by atoms with Gasteiger partial charge in [-0.05, 0) is 64.1 Å². The van der Waals surface area contributed by atoms with Gasteiger partial charge in [-0.3, -0.25) is 5.32 Å². The third-order valence-electron chi connectivity index (χ3n) is 4.38. The first-order valence-electron chi connectivity index (χ1n) is 8.91. The number of hydrogen-bond donors (Lipinski definition) is 1. The largest absolute Gasteiger partial charge is 0.544 e. The van der Waals surface area contributed by atoms with Gasteiger partial charge >= 0.3 is 12.1 Å². The molecule has 1 rings (SSSR count). The van der Waals surface area contributed by atoms with Crippen molar-refractivity contribution in [3.63, 3.8) is 0 Å². The highest BCUT2D eigenvalue weighted by atomic mass is 28.4. The lowest BCUT2D eigenvalue weighted by Gasteiger charge is -2.36. The van der Waals surface area contributed by atoms with Crippen LogP contribution in [0.4, 0.5) is 4.79 Å². The van der Waals surface area contributed by atoms with E-state index in [1.165, 1.54) is 0 Å². The minimum absolute atomic E-state index is 0.00938. The lowest BCUT2D eigenvalue weighted by molar-refractivity contribution is -0.147.